The lowest BCUT2D eigenvalue weighted by molar-refractivity contribution is -0.143. The molecule has 2 atom stereocenters. The molecule has 0 aromatic carbocycles. The lowest BCUT2D eigenvalue weighted by atomic mass is 10.0. The number of esters is 1. The van der Waals surface area contributed by atoms with Crippen LogP contribution in [0.4, 0.5) is 0 Å². The molecule has 0 heterocycles. The Hall–Kier alpha value is -1.40. The highest BCUT2D eigenvalue weighted by atomic mass is 16.5. The third-order valence-corrected chi connectivity index (χ3v) is 15.1. The smallest absolute Gasteiger partial charge is 0.305 e. The Morgan fingerprint density at radius 2 is 0.671 bits per heavy atom. The van der Waals surface area contributed by atoms with Crippen molar-refractivity contribution in [3.8, 4) is 0 Å². The zero-order valence-corrected chi connectivity index (χ0v) is 47.5. The van der Waals surface area contributed by atoms with Crippen LogP contribution in [0.25, 0.3) is 0 Å². The number of rotatable bonds is 60. The molecule has 6 nitrogen and oxygen atoms in total. The van der Waals surface area contributed by atoms with Crippen molar-refractivity contribution in [3.63, 3.8) is 0 Å². The molecule has 1 amide bonds. The first kappa shape index (κ1) is 68.6. The van der Waals surface area contributed by atoms with Crippen LogP contribution in [0.1, 0.15) is 361 Å². The Bertz CT molecular complexity index is 1050. The van der Waals surface area contributed by atoms with E-state index in [1.165, 1.54) is 289 Å². The molecule has 0 spiro atoms. The van der Waals surface area contributed by atoms with Crippen molar-refractivity contribution in [2.24, 2.45) is 0 Å². The highest BCUT2D eigenvalue weighted by Gasteiger charge is 2.20. The van der Waals surface area contributed by atoms with Crippen molar-refractivity contribution >= 4 is 11.9 Å². The molecule has 0 rings (SSSR count). The normalized spacial score (nSPS) is 12.6. The van der Waals surface area contributed by atoms with Gasteiger partial charge in [0.1, 0.15) is 0 Å². The van der Waals surface area contributed by atoms with Gasteiger partial charge in [-0.05, 0) is 51.4 Å². The van der Waals surface area contributed by atoms with E-state index >= 15 is 0 Å². The van der Waals surface area contributed by atoms with Crippen LogP contribution in [-0.4, -0.2) is 47.4 Å². The molecule has 0 saturated carbocycles. The number of hydrogen-bond acceptors (Lipinski definition) is 5. The maximum absolute atomic E-state index is 12.4. The molecule has 0 aromatic rings. The van der Waals surface area contributed by atoms with E-state index in [1.54, 1.807) is 0 Å². The fourth-order valence-corrected chi connectivity index (χ4v) is 10.2. The number of unbranched alkanes of at least 4 members (excludes halogenated alkanes) is 47. The number of amides is 1. The van der Waals surface area contributed by atoms with Gasteiger partial charge in [0.25, 0.3) is 0 Å². The summed E-state index contributed by atoms with van der Waals surface area (Å²) in [6.07, 6.45) is 72.5. The van der Waals surface area contributed by atoms with E-state index in [9.17, 15) is 19.8 Å². The number of carbonyl (C=O) groups excluding carboxylic acids is 2. The van der Waals surface area contributed by atoms with Gasteiger partial charge in [-0.3, -0.25) is 9.59 Å². The summed E-state index contributed by atoms with van der Waals surface area (Å²) in [4.78, 5) is 24.4. The number of allylic oxidation sites excluding steroid dienone is 2. The average Bonchev–Trinajstić information content (AvgIpc) is 3.36. The van der Waals surface area contributed by atoms with Gasteiger partial charge in [-0.15, -0.1) is 0 Å². The van der Waals surface area contributed by atoms with E-state index in [-0.39, 0.29) is 18.5 Å². The molecule has 0 aliphatic carbocycles. The van der Waals surface area contributed by atoms with Crippen LogP contribution >= 0.6 is 0 Å². The van der Waals surface area contributed by atoms with E-state index < -0.39 is 12.1 Å². The van der Waals surface area contributed by atoms with Crippen LogP contribution in [0, 0.1) is 0 Å². The first-order valence-corrected chi connectivity index (χ1v) is 31.9. The Labute approximate surface area is 438 Å². The predicted octanol–water partition coefficient (Wildman–Crippen LogP) is 20.0. The highest BCUT2D eigenvalue weighted by Crippen LogP contribution is 2.18. The largest absolute Gasteiger partial charge is 0.466 e. The fourth-order valence-electron chi connectivity index (χ4n) is 10.2. The predicted molar refractivity (Wildman–Crippen MR) is 306 cm³/mol. The molecular weight excluding hydrogens is 863 g/mol. The summed E-state index contributed by atoms with van der Waals surface area (Å²) in [5.74, 6) is -0.0143. The summed E-state index contributed by atoms with van der Waals surface area (Å²) < 4.78 is 5.47. The topological polar surface area (TPSA) is 95.9 Å². The maximum atomic E-state index is 12.4. The van der Waals surface area contributed by atoms with E-state index in [2.05, 4.69) is 31.3 Å². The molecular formula is C64H125NO5. The van der Waals surface area contributed by atoms with Crippen molar-refractivity contribution in [1.29, 1.82) is 0 Å². The van der Waals surface area contributed by atoms with Crippen molar-refractivity contribution in [3.05, 3.63) is 12.2 Å². The number of nitrogens with one attached hydrogen (secondary N) is 1. The minimum Gasteiger partial charge on any atom is -0.466 e. The summed E-state index contributed by atoms with van der Waals surface area (Å²) in [5, 5.41) is 23.2. The van der Waals surface area contributed by atoms with Crippen LogP contribution in [-0.2, 0) is 14.3 Å². The second-order valence-electron chi connectivity index (χ2n) is 22.1. The number of ether oxygens (including phenoxy) is 1. The summed E-state index contributed by atoms with van der Waals surface area (Å²) in [7, 11) is 0. The minimum absolute atomic E-state index is 0.0178. The van der Waals surface area contributed by atoms with Gasteiger partial charge in [-0.25, -0.2) is 0 Å². The van der Waals surface area contributed by atoms with E-state index in [4.69, 9.17) is 4.74 Å². The average molecular weight is 989 g/mol. The summed E-state index contributed by atoms with van der Waals surface area (Å²) in [5.41, 5.74) is 0. The molecule has 0 radical (unpaired) electrons. The van der Waals surface area contributed by atoms with E-state index in [0.29, 0.717) is 25.9 Å². The van der Waals surface area contributed by atoms with Crippen molar-refractivity contribution in [1.82, 2.24) is 5.32 Å². The maximum Gasteiger partial charge on any atom is 0.305 e. The van der Waals surface area contributed by atoms with Gasteiger partial charge in [0.2, 0.25) is 5.91 Å². The SMILES string of the molecule is CCCCCCCCCCCCCC(=O)OCCCCCCCCCCCCCC/C=C\CCCCCCCCCCCCCCCCCC(=O)NC(CO)C(O)CCCCCCCCCCCCC. The number of aliphatic hydroxyl groups is 2. The molecule has 0 saturated heterocycles. The molecule has 2 unspecified atom stereocenters. The molecule has 416 valence electrons. The molecule has 0 aliphatic rings. The zero-order chi connectivity index (χ0) is 50.7. The number of aliphatic hydroxyl groups excluding tert-OH is 2. The van der Waals surface area contributed by atoms with Crippen LogP contribution in [0.5, 0.6) is 0 Å². The Morgan fingerprint density at radius 3 is 1.01 bits per heavy atom. The summed E-state index contributed by atoms with van der Waals surface area (Å²) in [6.45, 7) is 4.96. The fraction of sp³-hybridized carbons (Fsp3) is 0.938. The number of carbonyl (C=O) groups is 2. The first-order valence-electron chi connectivity index (χ1n) is 31.9. The lowest BCUT2D eigenvalue weighted by Gasteiger charge is -2.22. The van der Waals surface area contributed by atoms with Crippen LogP contribution in [0.3, 0.4) is 0 Å². The quantitative estimate of drug-likeness (QED) is 0.0321. The second-order valence-corrected chi connectivity index (χ2v) is 22.1. The monoisotopic (exact) mass is 988 g/mol. The Kier molecular flexibility index (Phi) is 59.0. The van der Waals surface area contributed by atoms with Gasteiger partial charge in [0, 0.05) is 12.8 Å². The minimum atomic E-state index is -0.660. The van der Waals surface area contributed by atoms with Crippen molar-refractivity contribution in [2.75, 3.05) is 13.2 Å². The molecule has 3 N–H and O–H groups in total. The first-order chi connectivity index (χ1) is 34.5. The summed E-state index contributed by atoms with van der Waals surface area (Å²) >= 11 is 0. The van der Waals surface area contributed by atoms with Gasteiger partial charge in [-0.2, -0.15) is 0 Å². The van der Waals surface area contributed by atoms with Gasteiger partial charge in [-0.1, -0.05) is 309 Å². The lowest BCUT2D eigenvalue weighted by Crippen LogP contribution is -2.45. The molecule has 0 fully saturated rings. The van der Waals surface area contributed by atoms with E-state index in [1.807, 2.05) is 0 Å². The van der Waals surface area contributed by atoms with Gasteiger partial charge in [0.05, 0.1) is 25.4 Å². The van der Waals surface area contributed by atoms with Gasteiger partial charge >= 0.3 is 5.97 Å². The zero-order valence-electron chi connectivity index (χ0n) is 47.5. The third kappa shape index (κ3) is 55.9. The Balaban J connectivity index is 3.33. The second kappa shape index (κ2) is 60.2. The van der Waals surface area contributed by atoms with Crippen LogP contribution in [0.15, 0.2) is 12.2 Å². The van der Waals surface area contributed by atoms with Crippen LogP contribution < -0.4 is 5.32 Å². The van der Waals surface area contributed by atoms with E-state index in [0.717, 1.165) is 38.5 Å². The standard InChI is InChI=1S/C64H125NO5/c1-3-5-7-9-11-13-36-40-44-48-52-56-62(67)61(60-66)65-63(68)57-53-49-45-41-38-34-32-30-28-26-24-22-20-18-16-15-17-19-21-23-25-27-29-31-33-35-39-43-47-51-55-59-70-64(69)58-54-50-46-42-37-14-12-10-8-6-4-2/h17,19,61-62,66-67H,3-16,18,20-60H2,1-2H3,(H,65,68)/b19-17-. The molecule has 0 aromatic heterocycles. The van der Waals surface area contributed by atoms with Crippen molar-refractivity contribution < 1.29 is 24.5 Å². The molecule has 6 heteroatoms. The van der Waals surface area contributed by atoms with Crippen LogP contribution in [0.2, 0.25) is 0 Å². The highest BCUT2D eigenvalue weighted by molar-refractivity contribution is 5.76. The third-order valence-electron chi connectivity index (χ3n) is 15.1. The van der Waals surface area contributed by atoms with Gasteiger partial charge < -0.3 is 20.3 Å². The van der Waals surface area contributed by atoms with Crippen molar-refractivity contribution in [2.45, 2.75) is 373 Å². The molecule has 0 bridgehead atoms. The molecule has 70 heavy (non-hydrogen) atoms. The molecule has 0 aliphatic heterocycles. The Morgan fingerprint density at radius 1 is 0.386 bits per heavy atom. The van der Waals surface area contributed by atoms with Gasteiger partial charge in [0.15, 0.2) is 0 Å². The number of hydrogen-bond donors (Lipinski definition) is 3. The summed E-state index contributed by atoms with van der Waals surface area (Å²) in [6, 6.07) is -0.537.